The predicted molar refractivity (Wildman–Crippen MR) is 75.8 cm³/mol. The van der Waals surface area contributed by atoms with E-state index in [0.717, 1.165) is 13.1 Å². The average Bonchev–Trinajstić information content (AvgIpc) is 2.52. The molecule has 0 atom stereocenters. The van der Waals surface area contributed by atoms with E-state index in [0.29, 0.717) is 0 Å². The molecule has 0 aromatic carbocycles. The molecular weight excluding hydrogens is 338 g/mol. The lowest BCUT2D eigenvalue weighted by atomic mass is 10.2. The zero-order chi connectivity index (χ0) is 11.1. The monoisotopic (exact) mass is 353 g/mol. The van der Waals surface area contributed by atoms with Crippen molar-refractivity contribution < 1.29 is 0 Å². The highest BCUT2D eigenvalue weighted by Crippen LogP contribution is 2.33. The van der Waals surface area contributed by atoms with Crippen LogP contribution in [0.15, 0.2) is 14.3 Å². The maximum Gasteiger partial charge on any atom is 0.0843 e. The first kappa shape index (κ1) is 13.7. The highest BCUT2D eigenvalue weighted by Gasteiger charge is 2.03. The molecule has 1 aromatic rings. The minimum absolute atomic E-state index is 1.09. The van der Waals surface area contributed by atoms with Gasteiger partial charge in [0.2, 0.25) is 0 Å². The van der Waals surface area contributed by atoms with Crippen LogP contribution in [0, 0.1) is 0 Å². The number of hydrogen-bond donors (Lipinski definition) is 1. The molecule has 0 bridgehead atoms. The van der Waals surface area contributed by atoms with Crippen LogP contribution in [0.1, 0.15) is 31.1 Å². The molecule has 0 spiro atoms. The minimum Gasteiger partial charge on any atom is -0.317 e. The summed E-state index contributed by atoms with van der Waals surface area (Å²) in [5.41, 5.74) is 0. The second-order valence-corrected chi connectivity index (χ2v) is 6.81. The Kier molecular flexibility index (Phi) is 7.14. The Labute approximate surface area is 113 Å². The molecule has 0 amide bonds. The van der Waals surface area contributed by atoms with E-state index in [4.69, 9.17) is 0 Å². The van der Waals surface area contributed by atoms with E-state index >= 15 is 0 Å². The summed E-state index contributed by atoms with van der Waals surface area (Å²) in [6.45, 7) is 4.40. The minimum atomic E-state index is 1.09. The molecule has 0 aliphatic heterocycles. The predicted octanol–water partition coefficient (Wildman–Crippen LogP) is 4.60. The SMILES string of the molecule is CCNCCCCCc1cc(Br)c(Br)s1. The molecule has 0 unspecified atom stereocenters. The number of halogens is 2. The van der Waals surface area contributed by atoms with Gasteiger partial charge in [-0.1, -0.05) is 13.3 Å². The van der Waals surface area contributed by atoms with Gasteiger partial charge in [0.25, 0.3) is 0 Å². The van der Waals surface area contributed by atoms with Gasteiger partial charge in [-0.05, 0) is 70.3 Å². The van der Waals surface area contributed by atoms with Crippen LogP contribution in [-0.4, -0.2) is 13.1 Å². The number of unbranched alkanes of at least 4 members (excludes halogenated alkanes) is 2. The van der Waals surface area contributed by atoms with E-state index < -0.39 is 0 Å². The average molecular weight is 355 g/mol. The van der Waals surface area contributed by atoms with Crippen LogP contribution in [0.2, 0.25) is 0 Å². The summed E-state index contributed by atoms with van der Waals surface area (Å²) in [5, 5.41) is 3.35. The van der Waals surface area contributed by atoms with Gasteiger partial charge in [-0.15, -0.1) is 11.3 Å². The summed E-state index contributed by atoms with van der Waals surface area (Å²) in [4.78, 5) is 1.47. The Balaban J connectivity index is 2.10. The summed E-state index contributed by atoms with van der Waals surface area (Å²) in [5.74, 6) is 0. The van der Waals surface area contributed by atoms with Crippen molar-refractivity contribution in [1.82, 2.24) is 5.32 Å². The molecule has 0 radical (unpaired) electrons. The summed E-state index contributed by atoms with van der Waals surface area (Å²) in [7, 11) is 0. The van der Waals surface area contributed by atoms with Gasteiger partial charge in [0, 0.05) is 9.35 Å². The van der Waals surface area contributed by atoms with Gasteiger partial charge in [-0.2, -0.15) is 0 Å². The summed E-state index contributed by atoms with van der Waals surface area (Å²) < 4.78 is 2.40. The molecule has 0 aliphatic carbocycles. The topological polar surface area (TPSA) is 12.0 Å². The third kappa shape index (κ3) is 5.48. The Bertz CT molecular complexity index is 267. The maximum atomic E-state index is 3.52. The molecule has 1 heterocycles. The van der Waals surface area contributed by atoms with Crippen LogP contribution in [0.5, 0.6) is 0 Å². The lowest BCUT2D eigenvalue weighted by Crippen LogP contribution is -2.13. The van der Waals surface area contributed by atoms with Crippen LogP contribution in [0.4, 0.5) is 0 Å². The molecular formula is C11H17Br2NS. The van der Waals surface area contributed by atoms with E-state index in [2.05, 4.69) is 50.2 Å². The number of thiophene rings is 1. The standard InChI is InChI=1S/C11H17Br2NS/c1-2-14-7-5-3-4-6-9-8-10(12)11(13)15-9/h8,14H,2-7H2,1H3. The molecule has 1 nitrogen and oxygen atoms in total. The number of hydrogen-bond acceptors (Lipinski definition) is 2. The van der Waals surface area contributed by atoms with Crippen LogP contribution < -0.4 is 5.32 Å². The normalized spacial score (nSPS) is 10.9. The van der Waals surface area contributed by atoms with Gasteiger partial charge in [0.05, 0.1) is 3.79 Å². The van der Waals surface area contributed by atoms with E-state index in [1.807, 2.05) is 11.3 Å². The van der Waals surface area contributed by atoms with Gasteiger partial charge in [-0.3, -0.25) is 0 Å². The second kappa shape index (κ2) is 7.82. The zero-order valence-corrected chi connectivity index (χ0v) is 13.0. The highest BCUT2D eigenvalue weighted by molar-refractivity contribution is 9.13. The van der Waals surface area contributed by atoms with Crippen LogP contribution in [0.3, 0.4) is 0 Å². The zero-order valence-electron chi connectivity index (χ0n) is 8.98. The molecule has 15 heavy (non-hydrogen) atoms. The van der Waals surface area contributed by atoms with Gasteiger partial charge in [0.15, 0.2) is 0 Å². The number of nitrogens with one attached hydrogen (secondary N) is 1. The lowest BCUT2D eigenvalue weighted by molar-refractivity contribution is 0.618. The van der Waals surface area contributed by atoms with Crippen molar-refractivity contribution in [3.8, 4) is 0 Å². The van der Waals surface area contributed by atoms with Crippen LogP contribution in [0.25, 0.3) is 0 Å². The Morgan fingerprint density at radius 3 is 2.67 bits per heavy atom. The quantitative estimate of drug-likeness (QED) is 0.706. The van der Waals surface area contributed by atoms with Crippen molar-refractivity contribution in [3.63, 3.8) is 0 Å². The molecule has 1 rings (SSSR count). The molecule has 1 aromatic heterocycles. The first-order valence-electron chi connectivity index (χ1n) is 5.38. The Morgan fingerprint density at radius 2 is 2.07 bits per heavy atom. The van der Waals surface area contributed by atoms with Crippen molar-refractivity contribution in [1.29, 1.82) is 0 Å². The molecule has 86 valence electrons. The maximum absolute atomic E-state index is 3.52. The third-order valence-corrected chi connectivity index (χ3v) is 5.54. The van der Waals surface area contributed by atoms with Crippen molar-refractivity contribution in [2.45, 2.75) is 32.6 Å². The van der Waals surface area contributed by atoms with E-state index in [1.54, 1.807) is 0 Å². The van der Waals surface area contributed by atoms with Gasteiger partial charge < -0.3 is 5.32 Å². The summed E-state index contributed by atoms with van der Waals surface area (Å²) in [6.07, 6.45) is 5.12. The molecule has 0 aliphatic rings. The molecule has 0 fully saturated rings. The van der Waals surface area contributed by atoms with Crippen molar-refractivity contribution >= 4 is 43.2 Å². The first-order chi connectivity index (χ1) is 7.24. The molecule has 4 heteroatoms. The largest absolute Gasteiger partial charge is 0.317 e. The molecule has 1 N–H and O–H groups in total. The summed E-state index contributed by atoms with van der Waals surface area (Å²) in [6, 6.07) is 2.22. The third-order valence-electron chi connectivity index (χ3n) is 2.22. The lowest BCUT2D eigenvalue weighted by Gasteiger charge is -2.00. The van der Waals surface area contributed by atoms with Gasteiger partial charge in [0.1, 0.15) is 0 Å². The van der Waals surface area contributed by atoms with Crippen LogP contribution in [-0.2, 0) is 6.42 Å². The Morgan fingerprint density at radius 1 is 1.27 bits per heavy atom. The first-order valence-corrected chi connectivity index (χ1v) is 7.78. The van der Waals surface area contributed by atoms with E-state index in [9.17, 15) is 0 Å². The molecule has 0 saturated carbocycles. The van der Waals surface area contributed by atoms with Crippen molar-refractivity contribution in [2.75, 3.05) is 13.1 Å². The van der Waals surface area contributed by atoms with Crippen LogP contribution >= 0.6 is 43.2 Å². The number of rotatable bonds is 7. The van der Waals surface area contributed by atoms with E-state index in [-0.39, 0.29) is 0 Å². The summed E-state index contributed by atoms with van der Waals surface area (Å²) >= 11 is 8.87. The van der Waals surface area contributed by atoms with Gasteiger partial charge in [-0.25, -0.2) is 0 Å². The number of aryl methyl sites for hydroxylation is 1. The van der Waals surface area contributed by atoms with E-state index in [1.165, 1.54) is 38.8 Å². The van der Waals surface area contributed by atoms with Crippen molar-refractivity contribution in [3.05, 3.63) is 19.2 Å². The second-order valence-electron chi connectivity index (χ2n) is 3.50. The molecule has 0 saturated heterocycles. The van der Waals surface area contributed by atoms with Gasteiger partial charge >= 0.3 is 0 Å². The van der Waals surface area contributed by atoms with Crippen molar-refractivity contribution in [2.24, 2.45) is 0 Å². The fourth-order valence-corrected chi connectivity index (χ4v) is 3.64. The Hall–Kier alpha value is 0.620. The highest BCUT2D eigenvalue weighted by atomic mass is 79.9. The smallest absolute Gasteiger partial charge is 0.0843 e. The fourth-order valence-electron chi connectivity index (χ4n) is 1.42. The fraction of sp³-hybridized carbons (Fsp3) is 0.636.